The first kappa shape index (κ1) is 21.5. The van der Waals surface area contributed by atoms with Gasteiger partial charge < -0.3 is 5.32 Å². The molecule has 5 rings (SSSR count). The number of carbonyl (C=O) groups is 1. The van der Waals surface area contributed by atoms with Crippen LogP contribution >= 0.6 is 0 Å². The predicted octanol–water partition coefficient (Wildman–Crippen LogP) is 5.34. The molecule has 0 spiro atoms. The molecule has 6 heteroatoms. The summed E-state index contributed by atoms with van der Waals surface area (Å²) in [5, 5.41) is 8.57. The van der Waals surface area contributed by atoms with Crippen LogP contribution in [-0.2, 0) is 17.8 Å². The quantitative estimate of drug-likeness (QED) is 0.381. The Morgan fingerprint density at radius 2 is 1.68 bits per heavy atom. The molecule has 1 N–H and O–H groups in total. The Labute approximate surface area is 198 Å². The molecule has 0 saturated heterocycles. The number of hydrogen-bond acceptors (Lipinski definition) is 4. The number of aryl methyl sites for hydroxylation is 2. The molecule has 0 aliphatic heterocycles. The molecular weight excluding hydrogens is 422 g/mol. The molecule has 0 bridgehead atoms. The Kier molecular flexibility index (Phi) is 5.87. The lowest BCUT2D eigenvalue weighted by molar-refractivity contribution is -0.116. The van der Waals surface area contributed by atoms with Crippen LogP contribution in [-0.4, -0.2) is 25.7 Å². The topological polar surface area (TPSA) is 72.7 Å². The van der Waals surface area contributed by atoms with Crippen molar-refractivity contribution in [1.29, 1.82) is 0 Å². The number of hydrogen-bond donors (Lipinski definition) is 1. The van der Waals surface area contributed by atoms with Gasteiger partial charge in [0.2, 0.25) is 5.91 Å². The summed E-state index contributed by atoms with van der Waals surface area (Å²) < 4.78 is 1.68. The average molecular weight is 448 g/mol. The normalized spacial score (nSPS) is 11.0. The van der Waals surface area contributed by atoms with Crippen LogP contribution < -0.4 is 5.32 Å². The van der Waals surface area contributed by atoms with E-state index in [2.05, 4.69) is 45.5 Å². The van der Waals surface area contributed by atoms with Crippen molar-refractivity contribution in [2.75, 3.05) is 5.32 Å². The number of aromatic nitrogens is 4. The van der Waals surface area contributed by atoms with E-state index in [0.29, 0.717) is 5.65 Å². The highest BCUT2D eigenvalue weighted by molar-refractivity contribution is 5.96. The van der Waals surface area contributed by atoms with Crippen molar-refractivity contribution in [3.8, 4) is 11.1 Å². The highest BCUT2D eigenvalue weighted by atomic mass is 16.2. The third-order valence-electron chi connectivity index (χ3n) is 5.83. The Balaban J connectivity index is 1.32. The van der Waals surface area contributed by atoms with E-state index in [4.69, 9.17) is 0 Å². The van der Waals surface area contributed by atoms with E-state index in [-0.39, 0.29) is 12.5 Å². The van der Waals surface area contributed by atoms with Crippen LogP contribution in [0.4, 0.5) is 5.69 Å². The van der Waals surface area contributed by atoms with Crippen molar-refractivity contribution in [1.82, 2.24) is 19.7 Å². The third kappa shape index (κ3) is 4.57. The zero-order valence-corrected chi connectivity index (χ0v) is 19.2. The Morgan fingerprint density at radius 3 is 2.44 bits per heavy atom. The Morgan fingerprint density at radius 1 is 0.912 bits per heavy atom. The molecule has 2 aromatic carbocycles. The molecule has 0 aliphatic carbocycles. The fraction of sp³-hybridized carbons (Fsp3) is 0.143. The second-order valence-electron chi connectivity index (χ2n) is 8.45. The van der Waals surface area contributed by atoms with Gasteiger partial charge in [-0.2, -0.15) is 5.10 Å². The van der Waals surface area contributed by atoms with E-state index in [1.54, 1.807) is 23.3 Å². The van der Waals surface area contributed by atoms with Gasteiger partial charge in [0.1, 0.15) is 6.54 Å². The molecule has 0 aliphatic rings. The van der Waals surface area contributed by atoms with Gasteiger partial charge in [-0.15, -0.1) is 0 Å². The number of anilines is 1. The van der Waals surface area contributed by atoms with Crippen LogP contribution in [0.5, 0.6) is 0 Å². The molecule has 0 radical (unpaired) electrons. The van der Waals surface area contributed by atoms with Crippen molar-refractivity contribution in [2.24, 2.45) is 0 Å². The second kappa shape index (κ2) is 9.27. The molecule has 168 valence electrons. The summed E-state index contributed by atoms with van der Waals surface area (Å²) in [5.41, 5.74) is 8.07. The molecule has 0 atom stereocenters. The maximum absolute atomic E-state index is 12.8. The lowest BCUT2D eigenvalue weighted by Gasteiger charge is -2.08. The number of rotatable bonds is 6. The number of pyridine rings is 2. The third-order valence-corrected chi connectivity index (χ3v) is 5.83. The largest absolute Gasteiger partial charge is 0.324 e. The summed E-state index contributed by atoms with van der Waals surface area (Å²) >= 11 is 0. The molecule has 6 nitrogen and oxygen atoms in total. The van der Waals surface area contributed by atoms with E-state index in [0.717, 1.165) is 34.3 Å². The van der Waals surface area contributed by atoms with E-state index in [1.165, 1.54) is 16.7 Å². The highest BCUT2D eigenvalue weighted by Gasteiger charge is 2.16. The molecule has 5 aromatic rings. The van der Waals surface area contributed by atoms with Crippen molar-refractivity contribution in [3.63, 3.8) is 0 Å². The standard InChI is InChI=1S/C28H25N5O/c1-19-4-3-5-23(16-19)25-12-15-30-28-27(25)20(2)32-33(28)18-26(34)31-24-8-6-21(7-9-24)17-22-10-13-29-14-11-22/h3-16H,17-18H2,1-2H3,(H,31,34). The van der Waals surface area contributed by atoms with E-state index < -0.39 is 0 Å². The van der Waals surface area contributed by atoms with Gasteiger partial charge in [0, 0.05) is 29.7 Å². The van der Waals surface area contributed by atoms with Gasteiger partial charge in [0.15, 0.2) is 5.65 Å². The summed E-state index contributed by atoms with van der Waals surface area (Å²) in [6.07, 6.45) is 6.19. The number of nitrogens with zero attached hydrogens (tertiary/aromatic N) is 4. The zero-order valence-electron chi connectivity index (χ0n) is 19.2. The number of benzene rings is 2. The zero-order chi connectivity index (χ0) is 23.5. The van der Waals surface area contributed by atoms with Gasteiger partial charge >= 0.3 is 0 Å². The Bertz CT molecular complexity index is 1460. The van der Waals surface area contributed by atoms with E-state index in [9.17, 15) is 4.79 Å². The van der Waals surface area contributed by atoms with Crippen LogP contribution in [0.2, 0.25) is 0 Å². The number of carbonyl (C=O) groups excluding carboxylic acids is 1. The number of nitrogens with one attached hydrogen (secondary N) is 1. The fourth-order valence-corrected chi connectivity index (χ4v) is 4.22. The summed E-state index contributed by atoms with van der Waals surface area (Å²) in [7, 11) is 0. The van der Waals surface area contributed by atoms with E-state index >= 15 is 0 Å². The summed E-state index contributed by atoms with van der Waals surface area (Å²) in [5.74, 6) is -0.144. The van der Waals surface area contributed by atoms with Gasteiger partial charge in [0.05, 0.1) is 5.69 Å². The second-order valence-corrected chi connectivity index (χ2v) is 8.45. The maximum Gasteiger partial charge on any atom is 0.246 e. The lowest BCUT2D eigenvalue weighted by Crippen LogP contribution is -2.19. The molecule has 34 heavy (non-hydrogen) atoms. The molecule has 0 saturated carbocycles. The smallest absolute Gasteiger partial charge is 0.246 e. The van der Waals surface area contributed by atoms with Gasteiger partial charge in [-0.05, 0) is 72.9 Å². The molecule has 3 aromatic heterocycles. The molecule has 1 amide bonds. The van der Waals surface area contributed by atoms with Crippen LogP contribution in [0, 0.1) is 13.8 Å². The first-order valence-electron chi connectivity index (χ1n) is 11.2. The highest BCUT2D eigenvalue weighted by Crippen LogP contribution is 2.30. The van der Waals surface area contributed by atoms with Gasteiger partial charge in [-0.25, -0.2) is 9.67 Å². The van der Waals surface area contributed by atoms with E-state index in [1.807, 2.05) is 55.5 Å². The van der Waals surface area contributed by atoms with Gasteiger partial charge in [-0.1, -0.05) is 42.0 Å². The van der Waals surface area contributed by atoms with Gasteiger partial charge in [-0.3, -0.25) is 9.78 Å². The van der Waals surface area contributed by atoms with Crippen LogP contribution in [0.25, 0.3) is 22.2 Å². The molecular formula is C28H25N5O. The molecule has 3 heterocycles. The van der Waals surface area contributed by atoms with Crippen molar-refractivity contribution < 1.29 is 4.79 Å². The van der Waals surface area contributed by atoms with Crippen LogP contribution in [0.15, 0.2) is 85.3 Å². The predicted molar refractivity (Wildman–Crippen MR) is 135 cm³/mol. The maximum atomic E-state index is 12.8. The minimum absolute atomic E-state index is 0.0907. The lowest BCUT2D eigenvalue weighted by atomic mass is 10.0. The number of amides is 1. The average Bonchev–Trinajstić information content (AvgIpc) is 3.16. The SMILES string of the molecule is Cc1cccc(-c2ccnc3c2c(C)nn3CC(=O)Nc2ccc(Cc3ccncc3)cc2)c1. The van der Waals surface area contributed by atoms with Crippen molar-refractivity contribution in [2.45, 2.75) is 26.8 Å². The fourth-order valence-electron chi connectivity index (χ4n) is 4.22. The first-order valence-corrected chi connectivity index (χ1v) is 11.2. The molecule has 0 fully saturated rings. The first-order chi connectivity index (χ1) is 16.6. The number of fused-ring (bicyclic) bond motifs is 1. The summed E-state index contributed by atoms with van der Waals surface area (Å²) in [6.45, 7) is 4.13. The monoisotopic (exact) mass is 447 g/mol. The van der Waals surface area contributed by atoms with Crippen LogP contribution in [0.1, 0.15) is 22.4 Å². The summed E-state index contributed by atoms with van der Waals surface area (Å²) in [6, 6.07) is 22.3. The van der Waals surface area contributed by atoms with Crippen molar-refractivity contribution in [3.05, 3.63) is 108 Å². The molecule has 0 unspecified atom stereocenters. The Hall–Kier alpha value is -4.32. The van der Waals surface area contributed by atoms with Crippen LogP contribution in [0.3, 0.4) is 0 Å². The van der Waals surface area contributed by atoms with Crippen molar-refractivity contribution >= 4 is 22.6 Å². The van der Waals surface area contributed by atoms with Gasteiger partial charge in [0.25, 0.3) is 0 Å². The minimum atomic E-state index is -0.144. The summed E-state index contributed by atoms with van der Waals surface area (Å²) in [4.78, 5) is 21.4. The minimum Gasteiger partial charge on any atom is -0.324 e.